The molecule has 2 unspecified atom stereocenters. The zero-order valence-electron chi connectivity index (χ0n) is 15.8. The Morgan fingerprint density at radius 3 is 2.62 bits per heavy atom. The van der Waals surface area contributed by atoms with Gasteiger partial charge >= 0.3 is 6.09 Å². The minimum atomic E-state index is -0.428. The van der Waals surface area contributed by atoms with Crippen LogP contribution in [0.15, 0.2) is 24.3 Å². The number of likely N-dealkylation sites (tertiary alicyclic amines) is 1. The van der Waals surface area contributed by atoms with Crippen LogP contribution >= 0.6 is 0 Å². The van der Waals surface area contributed by atoms with Crippen molar-refractivity contribution in [2.45, 2.75) is 71.6 Å². The molecule has 1 amide bonds. The first-order chi connectivity index (χ1) is 11.3. The van der Waals surface area contributed by atoms with E-state index in [-0.39, 0.29) is 12.1 Å². The van der Waals surface area contributed by atoms with Crippen molar-refractivity contribution < 1.29 is 9.53 Å². The van der Waals surface area contributed by atoms with Gasteiger partial charge in [0.2, 0.25) is 0 Å². The van der Waals surface area contributed by atoms with E-state index in [0.29, 0.717) is 6.04 Å². The lowest BCUT2D eigenvalue weighted by molar-refractivity contribution is 0.0220. The number of aryl methyl sites for hydroxylation is 1. The number of hydrogen-bond donors (Lipinski definition) is 1. The zero-order chi connectivity index (χ0) is 17.7. The third-order valence-corrected chi connectivity index (χ3v) is 4.51. The molecular weight excluding hydrogens is 300 g/mol. The van der Waals surface area contributed by atoms with Crippen molar-refractivity contribution >= 4 is 6.09 Å². The maximum atomic E-state index is 12.3. The molecule has 1 fully saturated rings. The van der Waals surface area contributed by atoms with E-state index in [9.17, 15) is 4.79 Å². The van der Waals surface area contributed by atoms with Gasteiger partial charge in [0, 0.05) is 18.6 Å². The molecule has 4 heteroatoms. The summed E-state index contributed by atoms with van der Waals surface area (Å²) in [5, 5.41) is 3.57. The second kappa shape index (κ2) is 8.02. The second-order valence-corrected chi connectivity index (χ2v) is 7.84. The average molecular weight is 332 g/mol. The molecule has 0 aliphatic carbocycles. The van der Waals surface area contributed by atoms with Crippen molar-refractivity contribution in [1.29, 1.82) is 0 Å². The summed E-state index contributed by atoms with van der Waals surface area (Å²) in [6, 6.07) is 9.26. The lowest BCUT2D eigenvalue weighted by atomic mass is 10.1. The Balaban J connectivity index is 1.80. The molecular formula is C20H32N2O2. The van der Waals surface area contributed by atoms with Crippen LogP contribution in [0, 0.1) is 6.92 Å². The maximum absolute atomic E-state index is 12.3. The van der Waals surface area contributed by atoms with Gasteiger partial charge in [-0.15, -0.1) is 0 Å². The van der Waals surface area contributed by atoms with Crippen LogP contribution < -0.4 is 5.32 Å². The standard InChI is InChI=1S/C20H32N2O2/c1-15-8-10-17(11-9-15)16(2)21-13-12-18-7-6-14-22(18)19(23)24-20(3,4)5/h8-11,16,18,21H,6-7,12-14H2,1-5H3. The Labute approximate surface area is 146 Å². The van der Waals surface area contributed by atoms with Gasteiger partial charge in [-0.25, -0.2) is 4.79 Å². The van der Waals surface area contributed by atoms with Gasteiger partial charge in [0.25, 0.3) is 0 Å². The van der Waals surface area contributed by atoms with Crippen molar-refractivity contribution in [2.24, 2.45) is 0 Å². The van der Waals surface area contributed by atoms with Gasteiger partial charge < -0.3 is 15.0 Å². The highest BCUT2D eigenvalue weighted by Crippen LogP contribution is 2.23. The molecule has 1 aromatic carbocycles. The lowest BCUT2D eigenvalue weighted by Gasteiger charge is -2.29. The second-order valence-electron chi connectivity index (χ2n) is 7.84. The number of ether oxygens (including phenoxy) is 1. The number of nitrogens with zero attached hydrogens (tertiary/aromatic N) is 1. The molecule has 24 heavy (non-hydrogen) atoms. The van der Waals surface area contributed by atoms with Gasteiger partial charge in [0.1, 0.15) is 5.60 Å². The van der Waals surface area contributed by atoms with Crippen LogP contribution in [0.2, 0.25) is 0 Å². The first kappa shape index (κ1) is 18.8. The molecule has 0 spiro atoms. The molecule has 1 heterocycles. The molecule has 1 N–H and O–H groups in total. The highest BCUT2D eigenvalue weighted by Gasteiger charge is 2.31. The summed E-state index contributed by atoms with van der Waals surface area (Å²) in [4.78, 5) is 14.2. The largest absolute Gasteiger partial charge is 0.444 e. The summed E-state index contributed by atoms with van der Waals surface area (Å²) in [7, 11) is 0. The third-order valence-electron chi connectivity index (χ3n) is 4.51. The quantitative estimate of drug-likeness (QED) is 0.867. The topological polar surface area (TPSA) is 41.6 Å². The molecule has 4 nitrogen and oxygen atoms in total. The maximum Gasteiger partial charge on any atom is 0.410 e. The first-order valence-electron chi connectivity index (χ1n) is 9.06. The van der Waals surface area contributed by atoms with E-state index >= 15 is 0 Å². The molecule has 2 atom stereocenters. The molecule has 1 saturated heterocycles. The monoisotopic (exact) mass is 332 g/mol. The van der Waals surface area contributed by atoms with E-state index in [2.05, 4.69) is 43.4 Å². The van der Waals surface area contributed by atoms with Gasteiger partial charge in [0.15, 0.2) is 0 Å². The molecule has 1 aliphatic rings. The van der Waals surface area contributed by atoms with Crippen molar-refractivity contribution in [3.63, 3.8) is 0 Å². The van der Waals surface area contributed by atoms with Gasteiger partial charge in [-0.05, 0) is 66.0 Å². The molecule has 0 bridgehead atoms. The third kappa shape index (κ3) is 5.52. The fourth-order valence-corrected chi connectivity index (χ4v) is 3.14. The van der Waals surface area contributed by atoms with Crippen LogP contribution in [-0.2, 0) is 4.74 Å². The molecule has 0 aromatic heterocycles. The summed E-state index contributed by atoms with van der Waals surface area (Å²) < 4.78 is 5.53. The Bertz CT molecular complexity index is 534. The summed E-state index contributed by atoms with van der Waals surface area (Å²) in [6.45, 7) is 11.8. The number of benzene rings is 1. The number of amides is 1. The van der Waals surface area contributed by atoms with Crippen molar-refractivity contribution in [2.75, 3.05) is 13.1 Å². The van der Waals surface area contributed by atoms with Gasteiger partial charge in [0.05, 0.1) is 0 Å². The van der Waals surface area contributed by atoms with Crippen LogP contribution in [0.4, 0.5) is 4.79 Å². The number of carbonyl (C=O) groups excluding carboxylic acids is 1. The van der Waals surface area contributed by atoms with Crippen molar-refractivity contribution in [1.82, 2.24) is 10.2 Å². The minimum absolute atomic E-state index is 0.170. The molecule has 2 rings (SSSR count). The molecule has 0 saturated carbocycles. The SMILES string of the molecule is Cc1ccc(C(C)NCCC2CCCN2C(=O)OC(C)(C)C)cc1. The highest BCUT2D eigenvalue weighted by atomic mass is 16.6. The van der Waals surface area contributed by atoms with E-state index in [0.717, 1.165) is 32.4 Å². The van der Waals surface area contributed by atoms with Gasteiger partial charge in [-0.2, -0.15) is 0 Å². The summed E-state index contributed by atoms with van der Waals surface area (Å²) >= 11 is 0. The van der Waals surface area contributed by atoms with E-state index in [1.54, 1.807) is 0 Å². The minimum Gasteiger partial charge on any atom is -0.444 e. The first-order valence-corrected chi connectivity index (χ1v) is 9.06. The van der Waals surface area contributed by atoms with E-state index in [1.807, 2.05) is 25.7 Å². The van der Waals surface area contributed by atoms with E-state index < -0.39 is 5.60 Å². The normalized spacial score (nSPS) is 19.4. The predicted molar refractivity (Wildman–Crippen MR) is 98.2 cm³/mol. The van der Waals surface area contributed by atoms with Crippen LogP contribution in [0.3, 0.4) is 0 Å². The lowest BCUT2D eigenvalue weighted by Crippen LogP contribution is -2.41. The van der Waals surface area contributed by atoms with Crippen molar-refractivity contribution in [3.05, 3.63) is 35.4 Å². The van der Waals surface area contributed by atoms with Gasteiger partial charge in [-0.3, -0.25) is 0 Å². The predicted octanol–water partition coefficient (Wildman–Crippen LogP) is 4.44. The molecule has 1 aliphatic heterocycles. The fourth-order valence-electron chi connectivity index (χ4n) is 3.14. The summed E-state index contributed by atoms with van der Waals surface area (Å²) in [5.41, 5.74) is 2.16. The van der Waals surface area contributed by atoms with Crippen LogP contribution in [0.1, 0.15) is 64.1 Å². The molecule has 0 radical (unpaired) electrons. The van der Waals surface area contributed by atoms with Crippen LogP contribution in [0.25, 0.3) is 0 Å². The molecule has 134 valence electrons. The Morgan fingerprint density at radius 2 is 2.00 bits per heavy atom. The number of hydrogen-bond acceptors (Lipinski definition) is 3. The molecule has 1 aromatic rings. The summed E-state index contributed by atoms with van der Waals surface area (Å²) in [5.74, 6) is 0. The van der Waals surface area contributed by atoms with E-state index in [1.165, 1.54) is 11.1 Å². The number of nitrogens with one attached hydrogen (secondary N) is 1. The zero-order valence-corrected chi connectivity index (χ0v) is 15.8. The van der Waals surface area contributed by atoms with Crippen LogP contribution in [-0.4, -0.2) is 35.7 Å². The Hall–Kier alpha value is -1.55. The smallest absolute Gasteiger partial charge is 0.410 e. The highest BCUT2D eigenvalue weighted by molar-refractivity contribution is 5.68. The van der Waals surface area contributed by atoms with Crippen LogP contribution in [0.5, 0.6) is 0 Å². The number of carbonyl (C=O) groups is 1. The average Bonchev–Trinajstić information content (AvgIpc) is 2.94. The van der Waals surface area contributed by atoms with Crippen molar-refractivity contribution in [3.8, 4) is 0 Å². The van der Waals surface area contributed by atoms with E-state index in [4.69, 9.17) is 4.74 Å². The Morgan fingerprint density at radius 1 is 1.33 bits per heavy atom. The fraction of sp³-hybridized carbons (Fsp3) is 0.650. The number of rotatable bonds is 5. The summed E-state index contributed by atoms with van der Waals surface area (Å²) in [6.07, 6.45) is 2.93. The Kier molecular flexibility index (Phi) is 6.27. The van der Waals surface area contributed by atoms with Gasteiger partial charge in [-0.1, -0.05) is 29.8 Å².